The molecule has 0 bridgehead atoms. The van der Waals surface area contributed by atoms with E-state index in [-0.39, 0.29) is 0 Å². The van der Waals surface area contributed by atoms with E-state index in [0.29, 0.717) is 0 Å². The summed E-state index contributed by atoms with van der Waals surface area (Å²) in [6, 6.07) is 0. The molecule has 0 aliphatic heterocycles. The first-order valence-electron chi connectivity index (χ1n) is 4.71. The smallest absolute Gasteiger partial charge is 0.434 e. The van der Waals surface area contributed by atoms with E-state index in [1.165, 1.54) is 0 Å². The van der Waals surface area contributed by atoms with Crippen molar-refractivity contribution in [2.75, 3.05) is 0 Å². The Morgan fingerprint density at radius 1 is 1.27 bits per heavy atom. The molecular formula is C7H6F6O2. The van der Waals surface area contributed by atoms with Crippen molar-refractivity contribution >= 4 is 5.97 Å². The first kappa shape index (κ1) is 9.05. The van der Waals surface area contributed by atoms with Crippen molar-refractivity contribution in [3.8, 4) is 0 Å². The van der Waals surface area contributed by atoms with Gasteiger partial charge in [-0.2, -0.15) is 26.3 Å². The molecule has 0 spiro atoms. The highest BCUT2D eigenvalue weighted by atomic mass is 19.4. The maximum absolute atomic E-state index is 12.0. The lowest BCUT2D eigenvalue weighted by Crippen LogP contribution is -2.45. The molecule has 0 N–H and O–H groups in total. The third kappa shape index (κ3) is 4.22. The number of carbonyl (C=O) groups excluding carboxylic acids is 1. The molecule has 0 aromatic rings. The van der Waals surface area contributed by atoms with Gasteiger partial charge >= 0.3 is 18.3 Å². The molecule has 88 valence electrons. The predicted octanol–water partition coefficient (Wildman–Crippen LogP) is 2.60. The Morgan fingerprint density at radius 2 is 1.67 bits per heavy atom. The van der Waals surface area contributed by atoms with Crippen LogP contribution in [0.5, 0.6) is 0 Å². The largest absolute Gasteiger partial charge is 0.439 e. The summed E-state index contributed by atoms with van der Waals surface area (Å²) < 4.78 is 94.7. The molecule has 0 aromatic heterocycles. The number of hydrogen-bond donors (Lipinski definition) is 0. The fraction of sp³-hybridized carbons (Fsp3) is 0.571. The number of rotatable bonds is 2. The molecule has 0 rings (SSSR count). The van der Waals surface area contributed by atoms with Crippen LogP contribution in [0.2, 0.25) is 0 Å². The topological polar surface area (TPSA) is 26.3 Å². The van der Waals surface area contributed by atoms with Crippen molar-refractivity contribution < 1.29 is 40.0 Å². The van der Waals surface area contributed by atoms with Gasteiger partial charge in [0.2, 0.25) is 0 Å². The minimum Gasteiger partial charge on any atom is -0.439 e. The van der Waals surface area contributed by atoms with Crippen LogP contribution in [-0.4, -0.2) is 24.4 Å². The molecule has 0 fully saturated rings. The summed E-state index contributed by atoms with van der Waals surface area (Å²) in [5, 5.41) is 0. The molecule has 0 aliphatic rings. The van der Waals surface area contributed by atoms with E-state index in [1.54, 1.807) is 0 Å². The minimum absolute atomic E-state index is 1.47. The van der Waals surface area contributed by atoms with Gasteiger partial charge in [-0.25, -0.2) is 4.79 Å². The van der Waals surface area contributed by atoms with Crippen LogP contribution in [0.25, 0.3) is 0 Å². The van der Waals surface area contributed by atoms with E-state index in [2.05, 4.69) is 11.3 Å². The monoisotopic (exact) mass is 239 g/mol. The van der Waals surface area contributed by atoms with Gasteiger partial charge in [0, 0.05) is 9.69 Å². The van der Waals surface area contributed by atoms with Gasteiger partial charge in [-0.3, -0.25) is 0 Å². The number of esters is 1. The Labute approximate surface area is 84.7 Å². The van der Waals surface area contributed by atoms with Gasteiger partial charge in [0.1, 0.15) is 0 Å². The quantitative estimate of drug-likeness (QED) is 0.420. The highest BCUT2D eigenvalue weighted by Crippen LogP contribution is 2.35. The summed E-state index contributed by atoms with van der Waals surface area (Å²) in [4.78, 5) is 10.8. The lowest BCUT2D eigenvalue weighted by Gasteiger charge is -2.22. The molecule has 0 amide bonds. The first-order chi connectivity index (χ1) is 7.67. The second kappa shape index (κ2) is 4.11. The summed E-state index contributed by atoms with van der Waals surface area (Å²) in [5.41, 5.74) is -1.47. The van der Waals surface area contributed by atoms with Crippen molar-refractivity contribution in [1.82, 2.24) is 0 Å². The third-order valence-electron chi connectivity index (χ3n) is 1.07. The zero-order valence-corrected chi connectivity index (χ0v) is 6.87. The van der Waals surface area contributed by atoms with E-state index in [9.17, 15) is 31.1 Å². The minimum atomic E-state index is -5.90. The molecule has 0 unspecified atom stereocenters. The van der Waals surface area contributed by atoms with E-state index < -0.39 is 36.9 Å². The predicted molar refractivity (Wildman–Crippen MR) is 36.8 cm³/mol. The van der Waals surface area contributed by atoms with E-state index >= 15 is 0 Å². The van der Waals surface area contributed by atoms with Crippen LogP contribution in [0, 0.1) is 0 Å². The zero-order chi connectivity index (χ0) is 14.9. The number of ether oxygens (including phenoxy) is 1. The molecule has 0 aromatic carbocycles. The van der Waals surface area contributed by atoms with Gasteiger partial charge in [0.05, 0.1) is 0 Å². The van der Waals surface area contributed by atoms with Crippen molar-refractivity contribution in [1.29, 1.82) is 0 Å². The van der Waals surface area contributed by atoms with Crippen LogP contribution in [0.1, 0.15) is 11.0 Å². The second-order valence-corrected chi connectivity index (χ2v) is 2.35. The van der Waals surface area contributed by atoms with Gasteiger partial charge in [0.15, 0.2) is 0 Å². The van der Waals surface area contributed by atoms with E-state index in [1.807, 2.05) is 0 Å². The molecule has 0 saturated heterocycles. The summed E-state index contributed by atoms with van der Waals surface area (Å²) >= 11 is 0. The molecule has 0 saturated carbocycles. The summed E-state index contributed by atoms with van der Waals surface area (Å²) in [7, 11) is 0. The average Bonchev–Trinajstić information content (AvgIpc) is 2.07. The Morgan fingerprint density at radius 3 is 1.93 bits per heavy atom. The first-order valence-corrected chi connectivity index (χ1v) is 3.21. The lowest BCUT2D eigenvalue weighted by molar-refractivity contribution is -0.312. The van der Waals surface area contributed by atoms with Gasteiger partial charge in [-0.1, -0.05) is 6.58 Å². The number of halogens is 6. The second-order valence-electron chi connectivity index (χ2n) is 2.35. The lowest BCUT2D eigenvalue weighted by atomic mass is 10.3. The SMILES string of the molecule is [2H]C([2H])([2H])C(=C)C(=O)OC(C(F)(F)F)C(F)(F)F. The molecule has 0 atom stereocenters. The van der Waals surface area contributed by atoms with Gasteiger partial charge < -0.3 is 4.74 Å². The van der Waals surface area contributed by atoms with Crippen LogP contribution in [0.3, 0.4) is 0 Å². The van der Waals surface area contributed by atoms with Gasteiger partial charge in [-0.05, 0) is 6.85 Å². The molecule has 0 aliphatic carbocycles. The molecule has 0 heterocycles. The molecule has 8 heteroatoms. The van der Waals surface area contributed by atoms with Gasteiger partial charge in [0.25, 0.3) is 6.10 Å². The zero-order valence-electron chi connectivity index (χ0n) is 9.87. The Bertz CT molecular complexity index is 329. The fourth-order valence-corrected chi connectivity index (χ4v) is 0.497. The highest BCUT2D eigenvalue weighted by Gasteiger charge is 2.59. The van der Waals surface area contributed by atoms with Crippen LogP contribution in [-0.2, 0) is 9.53 Å². The van der Waals surface area contributed by atoms with Crippen LogP contribution < -0.4 is 0 Å². The van der Waals surface area contributed by atoms with Crippen molar-refractivity contribution in [3.63, 3.8) is 0 Å². The van der Waals surface area contributed by atoms with E-state index in [4.69, 9.17) is 4.11 Å². The van der Waals surface area contributed by atoms with Crippen molar-refractivity contribution in [2.45, 2.75) is 25.3 Å². The van der Waals surface area contributed by atoms with Gasteiger partial charge in [-0.15, -0.1) is 0 Å². The molecular weight excluding hydrogens is 230 g/mol. The summed E-state index contributed by atoms with van der Waals surface area (Å²) in [6.45, 7) is -0.666. The molecule has 15 heavy (non-hydrogen) atoms. The highest BCUT2D eigenvalue weighted by molar-refractivity contribution is 5.87. The normalized spacial score (nSPS) is 16.6. The number of carbonyl (C=O) groups is 1. The van der Waals surface area contributed by atoms with Crippen LogP contribution in [0.15, 0.2) is 12.2 Å². The summed E-state index contributed by atoms with van der Waals surface area (Å²) in [5.74, 6) is -2.28. The fourth-order valence-electron chi connectivity index (χ4n) is 0.497. The number of hydrogen-bond acceptors (Lipinski definition) is 2. The maximum atomic E-state index is 12.0. The van der Waals surface area contributed by atoms with E-state index in [0.717, 1.165) is 0 Å². The summed E-state index contributed by atoms with van der Waals surface area (Å²) in [6.07, 6.45) is -16.2. The van der Waals surface area contributed by atoms with Crippen LogP contribution >= 0.6 is 0 Å². The maximum Gasteiger partial charge on any atom is 0.434 e. The van der Waals surface area contributed by atoms with Crippen molar-refractivity contribution in [3.05, 3.63) is 12.2 Å². The average molecular weight is 239 g/mol. The Balaban J connectivity index is 5.05. The standard InChI is InChI=1S/C7H6F6O2/c1-3(2)4(14)15-5(6(8,9)10)7(11,12)13/h5H,1H2,2H3/i2D3. The Hall–Kier alpha value is -1.21. The number of alkyl halides is 6. The molecule has 2 nitrogen and oxygen atoms in total. The molecule has 0 radical (unpaired) electrons. The third-order valence-corrected chi connectivity index (χ3v) is 1.07. The van der Waals surface area contributed by atoms with Crippen LogP contribution in [0.4, 0.5) is 26.3 Å². The van der Waals surface area contributed by atoms with Crippen molar-refractivity contribution in [2.24, 2.45) is 0 Å². The Kier molecular flexibility index (Phi) is 2.48.